The van der Waals surface area contributed by atoms with Crippen molar-refractivity contribution in [3.8, 4) is 0 Å². The van der Waals surface area contributed by atoms with Gasteiger partial charge in [-0.15, -0.1) is 0 Å². The van der Waals surface area contributed by atoms with Gasteiger partial charge in [-0.1, -0.05) is 119 Å². The van der Waals surface area contributed by atoms with E-state index in [2.05, 4.69) is 35.6 Å². The third-order valence-corrected chi connectivity index (χ3v) is 18.1. The Balaban J connectivity index is 1.66. The predicted octanol–water partition coefficient (Wildman–Crippen LogP) is 0.645. The molecule has 0 aliphatic carbocycles. The van der Waals surface area contributed by atoms with Crippen LogP contribution in [0.15, 0.2) is 85.1 Å². The molecule has 4 aliphatic rings. The van der Waals surface area contributed by atoms with E-state index in [9.17, 15) is 80.8 Å². The Morgan fingerprint density at radius 1 is 0.626 bits per heavy atom. The minimum Gasteiger partial charge on any atom is -0.462 e. The monoisotopic (exact) mass is 1320 g/mol. The van der Waals surface area contributed by atoms with Crippen LogP contribution in [0.3, 0.4) is 0 Å². The van der Waals surface area contributed by atoms with Crippen LogP contribution < -0.4 is 16.0 Å². The number of allylic oxidation sites excluding steroid dienone is 12. The molecular formula is C63H105N3O24Si. The van der Waals surface area contributed by atoms with E-state index >= 15 is 0 Å². The van der Waals surface area contributed by atoms with Crippen LogP contribution in [0.5, 0.6) is 0 Å². The van der Waals surface area contributed by atoms with Crippen LogP contribution in [0.2, 0.25) is 25.7 Å². The van der Waals surface area contributed by atoms with Crippen molar-refractivity contribution in [2.45, 2.75) is 245 Å². The molecule has 0 aromatic carbocycles. The molecule has 1 unspecified atom stereocenters. The summed E-state index contributed by atoms with van der Waals surface area (Å²) in [7, 11) is -0.354. The summed E-state index contributed by atoms with van der Waals surface area (Å²) < 4.78 is 47.0. The SMILES string of the molecule is CO[C@]12C[C@@H](O)C[C@@H](O)[C@H](O)CC[C@@H](O)C[C@@H](O)CC(=O)OC(C)[C@H](C)[C@H](O)[C@@H](C)/C=C/C=C/C=C/C=C/C=C/C=C/C=C/[C@H](O[C@@H]3O[C@H](C)[C@@H](O)[C@H](NC(=O)OCC[Si](C)(C)C)[C@@H]3O)C[C@H](O1)[C@H](NC(=O)NCCCO[C@H]1O[C@H](CO)[C@@H](O)[C@H](O)[C@@H]1O)[C@@H](O)C2. The molecule has 4 aliphatic heterocycles. The minimum absolute atomic E-state index is 0.0540. The van der Waals surface area contributed by atoms with Crippen LogP contribution >= 0.6 is 0 Å². The molecule has 3 amide bonds. The number of esters is 1. The van der Waals surface area contributed by atoms with Crippen molar-refractivity contribution in [1.29, 1.82) is 0 Å². The van der Waals surface area contributed by atoms with E-state index < -0.39 is 192 Å². The number of carbonyl (C=O) groups is 3. The van der Waals surface area contributed by atoms with Gasteiger partial charge in [0.15, 0.2) is 18.4 Å². The maximum atomic E-state index is 13.7. The molecule has 0 aromatic rings. The lowest BCUT2D eigenvalue weighted by atomic mass is 9.86. The van der Waals surface area contributed by atoms with E-state index in [1.54, 1.807) is 92.8 Å². The maximum absolute atomic E-state index is 13.7. The van der Waals surface area contributed by atoms with Crippen molar-refractivity contribution in [3.05, 3.63) is 85.1 Å². The first kappa shape index (κ1) is 79.1. The summed E-state index contributed by atoms with van der Waals surface area (Å²) in [6, 6.07) is -2.78. The third-order valence-electron chi connectivity index (χ3n) is 16.4. The summed E-state index contributed by atoms with van der Waals surface area (Å²) in [5.41, 5.74) is 0. The number of methoxy groups -OCH3 is 1. The summed E-state index contributed by atoms with van der Waals surface area (Å²) >= 11 is 0. The molecule has 0 aromatic heterocycles. The summed E-state index contributed by atoms with van der Waals surface area (Å²) in [5, 5.41) is 150. The number of rotatable bonds is 14. The van der Waals surface area contributed by atoms with Crippen LogP contribution in [0, 0.1) is 11.8 Å². The summed E-state index contributed by atoms with van der Waals surface area (Å²) in [6.45, 7) is 12.3. The third kappa shape index (κ3) is 27.1. The number of hydrogen-bond donors (Lipinski definition) is 16. The highest BCUT2D eigenvalue weighted by Gasteiger charge is 2.51. The number of hydrogen-bond acceptors (Lipinski definition) is 24. The van der Waals surface area contributed by atoms with Gasteiger partial charge < -0.3 is 120 Å². The number of fused-ring (bicyclic) bond motifs is 2. The van der Waals surface area contributed by atoms with Gasteiger partial charge in [0.05, 0.1) is 99.4 Å². The fourth-order valence-corrected chi connectivity index (χ4v) is 11.4. The van der Waals surface area contributed by atoms with Gasteiger partial charge >= 0.3 is 18.1 Å². The predicted molar refractivity (Wildman–Crippen MR) is 334 cm³/mol. The molecule has 3 fully saturated rings. The van der Waals surface area contributed by atoms with Gasteiger partial charge in [0.25, 0.3) is 0 Å². The Hall–Kier alpha value is -4.35. The van der Waals surface area contributed by atoms with Gasteiger partial charge in [0.2, 0.25) is 0 Å². The first-order valence-corrected chi connectivity index (χ1v) is 35.1. The fourth-order valence-electron chi connectivity index (χ4n) is 10.7. The molecular weight excluding hydrogens is 1210 g/mol. The van der Waals surface area contributed by atoms with E-state index in [1.165, 1.54) is 14.0 Å². The fraction of sp³-hybridized carbons (Fsp3) is 0.730. The molecule has 91 heavy (non-hydrogen) atoms. The van der Waals surface area contributed by atoms with Gasteiger partial charge in [-0.25, -0.2) is 9.59 Å². The van der Waals surface area contributed by atoms with Crippen molar-refractivity contribution < 1.29 is 119 Å². The Kier molecular flexibility index (Phi) is 34.3. The lowest BCUT2D eigenvalue weighted by molar-refractivity contribution is -0.311. The van der Waals surface area contributed by atoms with Gasteiger partial charge in [-0.3, -0.25) is 4.79 Å². The van der Waals surface area contributed by atoms with E-state index in [0.717, 1.165) is 0 Å². The first-order chi connectivity index (χ1) is 43.0. The van der Waals surface area contributed by atoms with Crippen LogP contribution in [0.25, 0.3) is 0 Å². The topological polar surface area (TPSA) is 424 Å². The normalized spacial score (nSPS) is 41.0. The van der Waals surface area contributed by atoms with Crippen LogP contribution in [0.1, 0.15) is 85.5 Å². The second kappa shape index (κ2) is 39.5. The Bertz CT molecular complexity index is 2370. The standard InChI is InChI=1S/C63H105N3O24Si/c1-37-22-19-17-15-13-11-9-10-12-14-16-18-20-23-44(88-60-56(78)52(54(76)40(4)87-60)66-62(82)85-28-29-91(6,7)8)33-48-51(65-61(81)64-26-21-27-84-59-58(80)57(79)55(77)49(36-67)89-59)47(73)35-63(83-5,90-48)34-43(70)31-46(72)45(71)25-24-41(68)30-42(69)32-50(74)86-39(3)38(2)53(37)75/h9-20,22-23,37-49,51-60,67-73,75-80H,21,24-36H2,1-8H3,(H,66,82)(H2,64,65,81)/b10-9+,13-11+,14-12+,17-15+,18-16+,22-19+,23-20+/t37-,38-,39?,40+,41+,42+,43-,44-,45+,46+,47-,48-,49+,51+,52-,53+,54+,55+,56-,57-,58-,59-,60-,63+/m0/s1. The summed E-state index contributed by atoms with van der Waals surface area (Å²) in [4.78, 5) is 39.6. The zero-order valence-electron chi connectivity index (χ0n) is 53.6. The lowest BCUT2D eigenvalue weighted by Crippen LogP contribution is -2.65. The quantitative estimate of drug-likeness (QED) is 0.0645. The van der Waals surface area contributed by atoms with Crippen LogP contribution in [-0.4, -0.2) is 260 Å². The number of amides is 3. The van der Waals surface area contributed by atoms with E-state index in [-0.39, 0.29) is 64.2 Å². The molecule has 16 N–H and O–H groups in total. The number of nitrogens with one attached hydrogen (secondary N) is 3. The highest BCUT2D eigenvalue weighted by molar-refractivity contribution is 6.76. The number of aliphatic hydroxyl groups is 13. The molecule has 4 rings (SSSR count). The van der Waals surface area contributed by atoms with Crippen molar-refractivity contribution >= 4 is 26.2 Å². The van der Waals surface area contributed by atoms with Gasteiger partial charge in [-0.05, 0) is 45.6 Å². The van der Waals surface area contributed by atoms with E-state index in [4.69, 9.17) is 37.9 Å². The number of alkyl carbamates (subject to hydrolysis) is 1. The van der Waals surface area contributed by atoms with Crippen molar-refractivity contribution in [2.24, 2.45) is 11.8 Å². The Morgan fingerprint density at radius 3 is 1.87 bits per heavy atom. The molecule has 28 heteroatoms. The second-order valence-electron chi connectivity index (χ2n) is 25.3. The summed E-state index contributed by atoms with van der Waals surface area (Å²) in [5.74, 6) is -3.40. The van der Waals surface area contributed by atoms with Crippen LogP contribution in [-0.2, 0) is 42.7 Å². The number of cyclic esters (lactones) is 1. The highest BCUT2D eigenvalue weighted by atomic mass is 28.3. The highest BCUT2D eigenvalue weighted by Crippen LogP contribution is 2.38. The number of ether oxygens (including phenoxy) is 8. The van der Waals surface area contributed by atoms with E-state index in [1.807, 2.05) is 13.0 Å². The zero-order chi connectivity index (χ0) is 67.6. The smallest absolute Gasteiger partial charge is 0.407 e. The van der Waals surface area contributed by atoms with Crippen molar-refractivity contribution in [3.63, 3.8) is 0 Å². The summed E-state index contributed by atoms with van der Waals surface area (Å²) in [6.07, 6.45) is -4.82. The second-order valence-corrected chi connectivity index (χ2v) is 30.9. The van der Waals surface area contributed by atoms with Crippen molar-refractivity contribution in [2.75, 3.05) is 33.5 Å². The molecule has 0 saturated carbocycles. The molecule has 4 heterocycles. The minimum atomic E-state index is -1.86. The molecule has 0 radical (unpaired) electrons. The van der Waals surface area contributed by atoms with Crippen molar-refractivity contribution in [1.82, 2.24) is 16.0 Å². The molecule has 2 bridgehead atoms. The van der Waals surface area contributed by atoms with Crippen LogP contribution in [0.4, 0.5) is 9.59 Å². The average molecular weight is 1320 g/mol. The van der Waals surface area contributed by atoms with Gasteiger partial charge in [-0.2, -0.15) is 0 Å². The van der Waals surface area contributed by atoms with Gasteiger partial charge in [0, 0.05) is 59.2 Å². The number of aliphatic hydroxyl groups excluding tert-OH is 13. The number of carbonyl (C=O) groups excluding carboxylic acids is 3. The van der Waals surface area contributed by atoms with Gasteiger partial charge in [0.1, 0.15) is 42.7 Å². The average Bonchev–Trinajstić information content (AvgIpc) is 1.28. The maximum Gasteiger partial charge on any atom is 0.407 e. The molecule has 520 valence electrons. The largest absolute Gasteiger partial charge is 0.462 e. The lowest BCUT2D eigenvalue weighted by Gasteiger charge is -2.48. The number of urea groups is 1. The zero-order valence-corrected chi connectivity index (χ0v) is 54.6. The van der Waals surface area contributed by atoms with E-state index in [0.29, 0.717) is 6.04 Å². The Morgan fingerprint density at radius 2 is 1.25 bits per heavy atom. The molecule has 0 spiro atoms. The molecule has 27 nitrogen and oxygen atoms in total. The molecule has 24 atom stereocenters. The molecule has 3 saturated heterocycles. The first-order valence-electron chi connectivity index (χ1n) is 31.4. The Labute approximate surface area is 534 Å².